The van der Waals surface area contributed by atoms with Crippen LogP contribution >= 0.6 is 0 Å². The molecule has 0 spiro atoms. The fourth-order valence-electron chi connectivity index (χ4n) is 2.78. The number of carbonyl (C=O) groups is 1. The molecule has 2 atom stereocenters. The minimum atomic E-state index is -0.121. The Hall–Kier alpha value is -1.36. The lowest BCUT2D eigenvalue weighted by Crippen LogP contribution is -2.33. The largest absolute Gasteiger partial charge is 0.334 e. The van der Waals surface area contributed by atoms with Gasteiger partial charge in [-0.25, -0.2) is 0 Å². The molecule has 0 saturated carbocycles. The van der Waals surface area contributed by atoms with Gasteiger partial charge in [-0.3, -0.25) is 9.48 Å². The number of aryl methyl sites for hydroxylation is 2. The zero-order valence-electron chi connectivity index (χ0n) is 10.9. The van der Waals surface area contributed by atoms with Gasteiger partial charge in [0, 0.05) is 37.3 Å². The second-order valence-corrected chi connectivity index (χ2v) is 4.70. The van der Waals surface area contributed by atoms with Crippen LogP contribution in [0.25, 0.3) is 0 Å². The molecule has 5 heteroatoms. The van der Waals surface area contributed by atoms with Gasteiger partial charge in [-0.1, -0.05) is 0 Å². The highest BCUT2D eigenvalue weighted by Gasteiger charge is 2.40. The van der Waals surface area contributed by atoms with Gasteiger partial charge in [0.2, 0.25) is 5.91 Å². The predicted octanol–water partition coefficient (Wildman–Crippen LogP) is 0.658. The maximum Gasteiger partial charge on any atom is 0.224 e. The predicted molar refractivity (Wildman–Crippen MR) is 65.4 cm³/mol. The molecule has 5 nitrogen and oxygen atoms in total. The number of likely N-dealkylation sites (tertiary alicyclic amines) is 1. The molecule has 2 N–H and O–H groups in total. The van der Waals surface area contributed by atoms with Crippen LogP contribution in [0.1, 0.15) is 36.3 Å². The van der Waals surface area contributed by atoms with Crippen LogP contribution < -0.4 is 5.73 Å². The van der Waals surface area contributed by atoms with Gasteiger partial charge in [-0.05, 0) is 20.8 Å². The van der Waals surface area contributed by atoms with Crippen LogP contribution in [-0.2, 0) is 11.8 Å². The number of aromatic nitrogens is 2. The molecule has 2 heterocycles. The van der Waals surface area contributed by atoms with Crippen molar-refractivity contribution in [1.29, 1.82) is 0 Å². The fourth-order valence-corrected chi connectivity index (χ4v) is 2.78. The molecule has 1 saturated heterocycles. The van der Waals surface area contributed by atoms with Crippen LogP contribution in [-0.4, -0.2) is 33.2 Å². The van der Waals surface area contributed by atoms with Gasteiger partial charge in [0.05, 0.1) is 11.7 Å². The molecule has 2 unspecified atom stereocenters. The van der Waals surface area contributed by atoms with Crippen molar-refractivity contribution in [2.75, 3.05) is 6.54 Å². The van der Waals surface area contributed by atoms with Gasteiger partial charge in [0.15, 0.2) is 0 Å². The number of likely N-dealkylation sites (N-methyl/N-ethyl adjacent to an activating group) is 1. The summed E-state index contributed by atoms with van der Waals surface area (Å²) in [5.74, 6) is 0.146. The molecule has 1 aromatic rings. The zero-order chi connectivity index (χ0) is 12.7. The first-order chi connectivity index (χ1) is 7.97. The van der Waals surface area contributed by atoms with Crippen LogP contribution in [0.5, 0.6) is 0 Å². The molecule has 94 valence electrons. The Bertz CT molecular complexity index is 452. The fraction of sp³-hybridized carbons (Fsp3) is 0.667. The molecular weight excluding hydrogens is 216 g/mol. The summed E-state index contributed by atoms with van der Waals surface area (Å²) in [6.45, 7) is 6.69. The van der Waals surface area contributed by atoms with Gasteiger partial charge in [-0.15, -0.1) is 0 Å². The topological polar surface area (TPSA) is 64.2 Å². The Labute approximate surface area is 102 Å². The van der Waals surface area contributed by atoms with E-state index in [1.165, 1.54) is 0 Å². The number of hydrogen-bond donors (Lipinski definition) is 1. The van der Waals surface area contributed by atoms with Crippen molar-refractivity contribution in [3.8, 4) is 0 Å². The summed E-state index contributed by atoms with van der Waals surface area (Å²) in [5.41, 5.74) is 9.30. The Morgan fingerprint density at radius 2 is 2.12 bits per heavy atom. The number of carbonyl (C=O) groups excluding carboxylic acids is 1. The molecule has 0 aliphatic carbocycles. The van der Waals surface area contributed by atoms with Gasteiger partial charge < -0.3 is 10.6 Å². The van der Waals surface area contributed by atoms with Gasteiger partial charge >= 0.3 is 0 Å². The Balaban J connectivity index is 2.48. The van der Waals surface area contributed by atoms with Crippen molar-refractivity contribution in [2.45, 2.75) is 39.3 Å². The lowest BCUT2D eigenvalue weighted by Gasteiger charge is -2.26. The third-order valence-corrected chi connectivity index (χ3v) is 3.67. The van der Waals surface area contributed by atoms with Crippen molar-refractivity contribution >= 4 is 5.91 Å². The molecule has 2 rings (SSSR count). The first-order valence-corrected chi connectivity index (χ1v) is 6.02. The van der Waals surface area contributed by atoms with Gasteiger partial charge in [0.1, 0.15) is 0 Å². The van der Waals surface area contributed by atoms with E-state index in [-0.39, 0.29) is 18.0 Å². The Kier molecular flexibility index (Phi) is 2.95. The smallest absolute Gasteiger partial charge is 0.224 e. The van der Waals surface area contributed by atoms with E-state index >= 15 is 0 Å². The average Bonchev–Trinajstić information content (AvgIpc) is 2.65. The van der Waals surface area contributed by atoms with E-state index in [2.05, 4.69) is 5.10 Å². The average molecular weight is 236 g/mol. The maximum atomic E-state index is 11.8. The molecular formula is C12H20N4O. The van der Waals surface area contributed by atoms with Crippen LogP contribution in [0.2, 0.25) is 0 Å². The first-order valence-electron chi connectivity index (χ1n) is 6.02. The van der Waals surface area contributed by atoms with Crippen LogP contribution in [0.4, 0.5) is 0 Å². The SMILES string of the molecule is CCN1C(=O)CC(N)C1c1c(C)nn(C)c1C. The summed E-state index contributed by atoms with van der Waals surface area (Å²) in [6.07, 6.45) is 0.437. The standard InChI is InChI=1S/C12H20N4O/c1-5-16-10(17)6-9(13)12(16)11-7(2)14-15(4)8(11)3/h9,12H,5-6,13H2,1-4H3. The second-order valence-electron chi connectivity index (χ2n) is 4.70. The quantitative estimate of drug-likeness (QED) is 0.820. The third-order valence-electron chi connectivity index (χ3n) is 3.67. The van der Waals surface area contributed by atoms with E-state index in [0.717, 1.165) is 17.0 Å². The number of amides is 1. The normalized spacial score (nSPS) is 24.8. The van der Waals surface area contributed by atoms with Crippen molar-refractivity contribution in [3.63, 3.8) is 0 Å². The first kappa shape index (κ1) is 12.1. The van der Waals surface area contributed by atoms with E-state index in [1.54, 1.807) is 0 Å². The lowest BCUT2D eigenvalue weighted by molar-refractivity contribution is -0.128. The maximum absolute atomic E-state index is 11.8. The van der Waals surface area contributed by atoms with Crippen molar-refractivity contribution in [2.24, 2.45) is 12.8 Å². The Morgan fingerprint density at radius 1 is 1.47 bits per heavy atom. The molecule has 1 aliphatic rings. The molecule has 0 bridgehead atoms. The zero-order valence-corrected chi connectivity index (χ0v) is 10.9. The van der Waals surface area contributed by atoms with Crippen molar-refractivity contribution in [3.05, 3.63) is 17.0 Å². The number of nitrogens with zero attached hydrogens (tertiary/aromatic N) is 3. The monoisotopic (exact) mass is 236 g/mol. The van der Waals surface area contributed by atoms with E-state index in [9.17, 15) is 4.79 Å². The molecule has 0 radical (unpaired) electrons. The van der Waals surface area contributed by atoms with Crippen LogP contribution in [0.15, 0.2) is 0 Å². The highest BCUT2D eigenvalue weighted by molar-refractivity contribution is 5.80. The summed E-state index contributed by atoms with van der Waals surface area (Å²) in [4.78, 5) is 13.7. The third kappa shape index (κ3) is 1.74. The Morgan fingerprint density at radius 3 is 2.59 bits per heavy atom. The van der Waals surface area contributed by atoms with Crippen LogP contribution in [0, 0.1) is 13.8 Å². The van der Waals surface area contributed by atoms with Gasteiger partial charge in [-0.2, -0.15) is 5.10 Å². The van der Waals surface area contributed by atoms with E-state index in [4.69, 9.17) is 5.73 Å². The van der Waals surface area contributed by atoms with E-state index in [1.807, 2.05) is 37.4 Å². The minimum absolute atomic E-state index is 0.0128. The van der Waals surface area contributed by atoms with E-state index in [0.29, 0.717) is 13.0 Å². The minimum Gasteiger partial charge on any atom is -0.334 e. The highest BCUT2D eigenvalue weighted by atomic mass is 16.2. The number of nitrogens with two attached hydrogens (primary N) is 1. The molecule has 1 amide bonds. The van der Waals surface area contributed by atoms with E-state index < -0.39 is 0 Å². The summed E-state index contributed by atoms with van der Waals surface area (Å²) in [6, 6.07) is -0.134. The number of hydrogen-bond acceptors (Lipinski definition) is 3. The van der Waals surface area contributed by atoms with Gasteiger partial charge in [0.25, 0.3) is 0 Å². The van der Waals surface area contributed by atoms with Crippen LogP contribution in [0.3, 0.4) is 0 Å². The summed E-state index contributed by atoms with van der Waals surface area (Å²) < 4.78 is 1.86. The molecule has 0 aromatic carbocycles. The summed E-state index contributed by atoms with van der Waals surface area (Å²) >= 11 is 0. The molecule has 1 aliphatic heterocycles. The van der Waals surface area contributed by atoms with Crippen molar-refractivity contribution in [1.82, 2.24) is 14.7 Å². The molecule has 1 aromatic heterocycles. The highest BCUT2D eigenvalue weighted by Crippen LogP contribution is 2.34. The second kappa shape index (κ2) is 4.14. The summed E-state index contributed by atoms with van der Waals surface area (Å²) in [5, 5.41) is 4.41. The molecule has 1 fully saturated rings. The molecule has 17 heavy (non-hydrogen) atoms. The van der Waals surface area contributed by atoms with Crippen molar-refractivity contribution < 1.29 is 4.79 Å². The summed E-state index contributed by atoms with van der Waals surface area (Å²) in [7, 11) is 1.92. The number of rotatable bonds is 2. The lowest BCUT2D eigenvalue weighted by atomic mass is 9.99.